The molecule has 0 bridgehead atoms. The predicted molar refractivity (Wildman–Crippen MR) is 99.6 cm³/mol. The van der Waals surface area contributed by atoms with Gasteiger partial charge in [0.2, 0.25) is 5.91 Å². The molecule has 132 valence electrons. The van der Waals surface area contributed by atoms with Crippen molar-refractivity contribution < 1.29 is 9.59 Å². The number of fused-ring (bicyclic) bond motifs is 1. The van der Waals surface area contributed by atoms with E-state index in [2.05, 4.69) is 4.90 Å². The molecule has 0 saturated carbocycles. The van der Waals surface area contributed by atoms with Crippen LogP contribution in [0.1, 0.15) is 16.8 Å². The van der Waals surface area contributed by atoms with E-state index in [1.165, 1.54) is 0 Å². The van der Waals surface area contributed by atoms with Crippen LogP contribution in [0.4, 0.5) is 0 Å². The smallest absolute Gasteiger partial charge is 0.254 e. The number of rotatable bonds is 3. The van der Waals surface area contributed by atoms with Crippen LogP contribution in [-0.4, -0.2) is 73.3 Å². The Morgan fingerprint density at radius 3 is 2.52 bits per heavy atom. The third-order valence-corrected chi connectivity index (χ3v) is 4.75. The first-order valence-corrected chi connectivity index (χ1v) is 8.76. The second kappa shape index (κ2) is 7.66. The number of carbonyl (C=O) groups excluding carboxylic acids is 2. The molecule has 2 aromatic carbocycles. The molecule has 0 radical (unpaired) electrons. The van der Waals surface area contributed by atoms with E-state index in [1.54, 1.807) is 19.0 Å². The van der Waals surface area contributed by atoms with Gasteiger partial charge in [-0.25, -0.2) is 0 Å². The lowest BCUT2D eigenvalue weighted by Crippen LogP contribution is -2.39. The minimum atomic E-state index is 0.0811. The van der Waals surface area contributed by atoms with Crippen LogP contribution in [0.25, 0.3) is 10.8 Å². The molecular formula is C20H25N3O2. The highest BCUT2D eigenvalue weighted by Gasteiger charge is 2.22. The maximum absolute atomic E-state index is 13.0. The Morgan fingerprint density at radius 1 is 0.960 bits per heavy atom. The van der Waals surface area contributed by atoms with Gasteiger partial charge in [0.25, 0.3) is 5.91 Å². The van der Waals surface area contributed by atoms with Crippen molar-refractivity contribution in [1.29, 1.82) is 0 Å². The summed E-state index contributed by atoms with van der Waals surface area (Å²) in [5, 5.41) is 2.08. The zero-order valence-corrected chi connectivity index (χ0v) is 14.9. The largest absolute Gasteiger partial charge is 0.348 e. The molecule has 5 nitrogen and oxygen atoms in total. The molecule has 0 aliphatic carbocycles. The van der Waals surface area contributed by atoms with Gasteiger partial charge in [-0.05, 0) is 23.3 Å². The van der Waals surface area contributed by atoms with Gasteiger partial charge in [0.15, 0.2) is 0 Å². The van der Waals surface area contributed by atoms with Crippen LogP contribution in [0.3, 0.4) is 0 Å². The first-order valence-electron chi connectivity index (χ1n) is 8.76. The Labute approximate surface area is 148 Å². The molecule has 2 amide bonds. The first-order chi connectivity index (χ1) is 12.1. The van der Waals surface area contributed by atoms with Crippen LogP contribution in [0.5, 0.6) is 0 Å². The molecule has 0 aromatic heterocycles. The predicted octanol–water partition coefficient (Wildman–Crippen LogP) is 2.08. The lowest BCUT2D eigenvalue weighted by Gasteiger charge is -2.23. The van der Waals surface area contributed by atoms with E-state index in [0.29, 0.717) is 13.1 Å². The van der Waals surface area contributed by atoms with Gasteiger partial charge < -0.3 is 9.80 Å². The van der Waals surface area contributed by atoms with Gasteiger partial charge in [-0.15, -0.1) is 0 Å². The molecule has 0 atom stereocenters. The molecular weight excluding hydrogens is 314 g/mol. The van der Waals surface area contributed by atoms with Gasteiger partial charge in [0.1, 0.15) is 0 Å². The van der Waals surface area contributed by atoms with E-state index in [4.69, 9.17) is 0 Å². The number of hydrogen-bond donors (Lipinski definition) is 0. The lowest BCUT2D eigenvalue weighted by molar-refractivity contribution is -0.129. The number of nitrogens with zero attached hydrogens (tertiary/aromatic N) is 3. The van der Waals surface area contributed by atoms with E-state index >= 15 is 0 Å². The average Bonchev–Trinajstić information content (AvgIpc) is 2.86. The van der Waals surface area contributed by atoms with Crippen molar-refractivity contribution in [2.24, 2.45) is 0 Å². The number of hydrogen-bond acceptors (Lipinski definition) is 3. The topological polar surface area (TPSA) is 43.9 Å². The van der Waals surface area contributed by atoms with Crippen LogP contribution in [0.15, 0.2) is 42.5 Å². The van der Waals surface area contributed by atoms with Crippen LogP contribution in [0, 0.1) is 0 Å². The fourth-order valence-electron chi connectivity index (χ4n) is 3.25. The molecule has 0 N–H and O–H groups in total. The van der Waals surface area contributed by atoms with Crippen molar-refractivity contribution >= 4 is 22.6 Å². The van der Waals surface area contributed by atoms with Crippen molar-refractivity contribution in [2.45, 2.75) is 6.42 Å². The highest BCUT2D eigenvalue weighted by molar-refractivity contribution is 6.07. The van der Waals surface area contributed by atoms with Gasteiger partial charge in [-0.1, -0.05) is 36.4 Å². The fourth-order valence-corrected chi connectivity index (χ4v) is 3.25. The quantitative estimate of drug-likeness (QED) is 0.860. The second-order valence-corrected chi connectivity index (χ2v) is 6.74. The van der Waals surface area contributed by atoms with Gasteiger partial charge in [0, 0.05) is 45.8 Å². The normalized spacial score (nSPS) is 15.8. The molecule has 3 rings (SSSR count). The molecule has 25 heavy (non-hydrogen) atoms. The first kappa shape index (κ1) is 17.4. The minimum Gasteiger partial charge on any atom is -0.348 e. The summed E-state index contributed by atoms with van der Waals surface area (Å²) in [6.45, 7) is 3.38. The molecule has 1 saturated heterocycles. The summed E-state index contributed by atoms with van der Waals surface area (Å²) >= 11 is 0. The van der Waals surface area contributed by atoms with Crippen molar-refractivity contribution in [2.75, 3.05) is 46.8 Å². The Hall–Kier alpha value is -2.40. The Kier molecular flexibility index (Phi) is 5.34. The Morgan fingerprint density at radius 2 is 1.72 bits per heavy atom. The van der Waals surface area contributed by atoms with Crippen LogP contribution in [0.2, 0.25) is 0 Å². The molecule has 1 aliphatic rings. The Bertz CT molecular complexity index is 767. The summed E-state index contributed by atoms with van der Waals surface area (Å²) in [4.78, 5) is 30.6. The summed E-state index contributed by atoms with van der Waals surface area (Å²) in [7, 11) is 3.55. The van der Waals surface area contributed by atoms with E-state index in [-0.39, 0.29) is 11.8 Å². The zero-order valence-electron chi connectivity index (χ0n) is 14.9. The summed E-state index contributed by atoms with van der Waals surface area (Å²) in [5.74, 6) is 0.186. The highest BCUT2D eigenvalue weighted by atomic mass is 16.2. The summed E-state index contributed by atoms with van der Waals surface area (Å²) in [6.07, 6.45) is 0.886. The second-order valence-electron chi connectivity index (χ2n) is 6.74. The summed E-state index contributed by atoms with van der Waals surface area (Å²) in [6, 6.07) is 13.9. The average molecular weight is 339 g/mol. The lowest BCUT2D eigenvalue weighted by atomic mass is 10.0. The minimum absolute atomic E-state index is 0.0811. The number of benzene rings is 2. The molecule has 0 spiro atoms. The van der Waals surface area contributed by atoms with Gasteiger partial charge in [-0.3, -0.25) is 14.5 Å². The van der Waals surface area contributed by atoms with E-state index in [0.717, 1.165) is 42.4 Å². The molecule has 2 aromatic rings. The van der Waals surface area contributed by atoms with Gasteiger partial charge in [0.05, 0.1) is 6.54 Å². The number of carbonyl (C=O) groups is 2. The van der Waals surface area contributed by atoms with Crippen molar-refractivity contribution in [3.63, 3.8) is 0 Å². The van der Waals surface area contributed by atoms with Crippen molar-refractivity contribution in [3.05, 3.63) is 48.0 Å². The van der Waals surface area contributed by atoms with E-state index in [9.17, 15) is 9.59 Å². The molecule has 5 heteroatoms. The molecule has 1 fully saturated rings. The van der Waals surface area contributed by atoms with Crippen molar-refractivity contribution in [3.8, 4) is 0 Å². The zero-order chi connectivity index (χ0) is 17.8. The maximum atomic E-state index is 13.0. The SMILES string of the molecule is CN(C)C(=O)CN1CCCN(C(=O)c2cccc3ccccc23)CC1. The molecule has 0 unspecified atom stereocenters. The van der Waals surface area contributed by atoms with Crippen molar-refractivity contribution in [1.82, 2.24) is 14.7 Å². The standard InChI is InChI=1S/C20H25N3O2/c1-21(2)19(24)15-22-11-6-12-23(14-13-22)20(25)18-10-5-8-16-7-3-4-9-17(16)18/h3-5,7-10H,6,11-15H2,1-2H3. The highest BCUT2D eigenvalue weighted by Crippen LogP contribution is 2.20. The molecule has 1 heterocycles. The number of likely N-dealkylation sites (N-methyl/N-ethyl adjacent to an activating group) is 1. The van der Waals surface area contributed by atoms with Gasteiger partial charge >= 0.3 is 0 Å². The fraction of sp³-hybridized carbons (Fsp3) is 0.400. The number of amides is 2. The molecule has 1 aliphatic heterocycles. The van der Waals surface area contributed by atoms with E-state index < -0.39 is 0 Å². The Balaban J connectivity index is 1.72. The van der Waals surface area contributed by atoms with Crippen LogP contribution < -0.4 is 0 Å². The van der Waals surface area contributed by atoms with Gasteiger partial charge in [-0.2, -0.15) is 0 Å². The maximum Gasteiger partial charge on any atom is 0.254 e. The van der Waals surface area contributed by atoms with E-state index in [1.807, 2.05) is 47.4 Å². The van der Waals surface area contributed by atoms with Crippen LogP contribution in [-0.2, 0) is 4.79 Å². The monoisotopic (exact) mass is 339 g/mol. The third kappa shape index (κ3) is 3.99. The summed E-state index contributed by atoms with van der Waals surface area (Å²) < 4.78 is 0. The third-order valence-electron chi connectivity index (χ3n) is 4.75. The van der Waals surface area contributed by atoms with Crippen LogP contribution >= 0.6 is 0 Å². The summed E-state index contributed by atoms with van der Waals surface area (Å²) in [5.41, 5.74) is 0.760.